The van der Waals surface area contributed by atoms with Crippen LogP contribution in [0.2, 0.25) is 0 Å². The Labute approximate surface area is 162 Å². The van der Waals surface area contributed by atoms with Crippen molar-refractivity contribution in [3.05, 3.63) is 35.8 Å². The van der Waals surface area contributed by atoms with Crippen molar-refractivity contribution >= 4 is 35.6 Å². The highest BCUT2D eigenvalue weighted by Gasteiger charge is 2.04. The molecule has 2 heterocycles. The molecule has 24 heavy (non-hydrogen) atoms. The van der Waals surface area contributed by atoms with Crippen molar-refractivity contribution in [3.8, 4) is 0 Å². The molecule has 5 nitrogen and oxygen atoms in total. The summed E-state index contributed by atoms with van der Waals surface area (Å²) in [4.78, 5) is 8.95. The topological polar surface area (TPSA) is 53.7 Å². The third-order valence-corrected chi connectivity index (χ3v) is 3.88. The van der Waals surface area contributed by atoms with Gasteiger partial charge in [-0.25, -0.2) is 4.98 Å². The molecule has 0 saturated carbocycles. The van der Waals surface area contributed by atoms with Crippen molar-refractivity contribution in [2.45, 2.75) is 40.0 Å². The molecular weight excluding hydrogens is 413 g/mol. The van der Waals surface area contributed by atoms with E-state index in [4.69, 9.17) is 4.98 Å². The van der Waals surface area contributed by atoms with Crippen LogP contribution in [0.15, 0.2) is 29.5 Å². The van der Waals surface area contributed by atoms with E-state index in [2.05, 4.69) is 59.1 Å². The maximum atomic E-state index is 4.69. The van der Waals surface area contributed by atoms with Gasteiger partial charge in [-0.1, -0.05) is 19.9 Å². The van der Waals surface area contributed by atoms with Gasteiger partial charge >= 0.3 is 0 Å². The molecule has 134 valence electrons. The molecule has 0 radical (unpaired) electrons. The first kappa shape index (κ1) is 20.7. The fourth-order valence-electron chi connectivity index (χ4n) is 2.57. The van der Waals surface area contributed by atoms with E-state index in [1.807, 2.05) is 13.2 Å². The Morgan fingerprint density at radius 1 is 1.29 bits per heavy atom. The zero-order valence-electron chi connectivity index (χ0n) is 15.2. The molecule has 0 fully saturated rings. The number of imidazole rings is 1. The molecule has 0 unspecified atom stereocenters. The number of aromatic nitrogens is 2. The van der Waals surface area contributed by atoms with E-state index in [1.54, 1.807) is 0 Å². The number of aryl methyl sites for hydroxylation is 1. The predicted octanol–water partition coefficient (Wildman–Crippen LogP) is 3.40. The van der Waals surface area contributed by atoms with Gasteiger partial charge in [0, 0.05) is 39.0 Å². The lowest BCUT2D eigenvalue weighted by Gasteiger charge is -2.11. The van der Waals surface area contributed by atoms with Crippen molar-refractivity contribution < 1.29 is 0 Å². The molecule has 0 aliphatic carbocycles. The summed E-state index contributed by atoms with van der Waals surface area (Å²) < 4.78 is 2.09. The third-order valence-electron chi connectivity index (χ3n) is 3.88. The van der Waals surface area contributed by atoms with Crippen LogP contribution in [-0.4, -0.2) is 35.5 Å². The lowest BCUT2D eigenvalue weighted by Crippen LogP contribution is -2.38. The van der Waals surface area contributed by atoms with E-state index < -0.39 is 0 Å². The Hall–Kier alpha value is -1.31. The zero-order valence-corrected chi connectivity index (χ0v) is 17.5. The Balaban J connectivity index is 0.00000288. The first-order valence-corrected chi connectivity index (χ1v) is 8.48. The van der Waals surface area contributed by atoms with Crippen LogP contribution in [0.1, 0.15) is 37.9 Å². The van der Waals surface area contributed by atoms with E-state index in [1.165, 1.54) is 18.4 Å². The highest BCUT2D eigenvalue weighted by Crippen LogP contribution is 2.10. The van der Waals surface area contributed by atoms with Crippen LogP contribution in [0, 0.1) is 12.8 Å². The van der Waals surface area contributed by atoms with Crippen molar-refractivity contribution in [1.82, 2.24) is 20.0 Å². The Bertz CT molecular complexity index is 648. The summed E-state index contributed by atoms with van der Waals surface area (Å²) in [6.07, 6.45) is 7.44. The van der Waals surface area contributed by atoms with E-state index in [0.717, 1.165) is 42.7 Å². The van der Waals surface area contributed by atoms with Gasteiger partial charge in [0.2, 0.25) is 0 Å². The van der Waals surface area contributed by atoms with E-state index in [9.17, 15) is 0 Å². The molecule has 0 spiro atoms. The lowest BCUT2D eigenvalue weighted by molar-refractivity contribution is 0.549. The average Bonchev–Trinajstić information content (AvgIpc) is 2.94. The predicted molar refractivity (Wildman–Crippen MR) is 112 cm³/mol. The van der Waals surface area contributed by atoms with E-state index >= 15 is 0 Å². The standard InChI is InChI=1S/C18H29N5.HI/c1-14(2)7-5-10-20-18(19-4)21-11-9-16-13-23-12-6-8-15(3)17(23)22-16;/h6,8,12-14H,5,7,9-11H2,1-4H3,(H2,19,20,21);1H. The molecule has 2 N–H and O–H groups in total. The second kappa shape index (κ2) is 10.5. The fourth-order valence-corrected chi connectivity index (χ4v) is 2.57. The normalized spacial score (nSPS) is 11.6. The molecule has 2 rings (SSSR count). The molecule has 0 aromatic carbocycles. The molecule has 0 saturated heterocycles. The minimum atomic E-state index is 0. The maximum absolute atomic E-state index is 4.69. The third kappa shape index (κ3) is 6.30. The van der Waals surface area contributed by atoms with Gasteiger partial charge in [-0.15, -0.1) is 24.0 Å². The summed E-state index contributed by atoms with van der Waals surface area (Å²) in [5.74, 6) is 1.62. The van der Waals surface area contributed by atoms with Gasteiger partial charge in [0.15, 0.2) is 5.96 Å². The number of halogens is 1. The second-order valence-corrected chi connectivity index (χ2v) is 6.37. The first-order valence-electron chi connectivity index (χ1n) is 8.48. The number of fused-ring (bicyclic) bond motifs is 1. The van der Waals surface area contributed by atoms with Gasteiger partial charge in [0.1, 0.15) is 5.65 Å². The summed E-state index contributed by atoms with van der Waals surface area (Å²) in [6, 6.07) is 4.14. The summed E-state index contributed by atoms with van der Waals surface area (Å²) >= 11 is 0. The fraction of sp³-hybridized carbons (Fsp3) is 0.556. The number of guanidine groups is 1. The number of rotatable bonds is 7. The molecule has 0 aliphatic rings. The lowest BCUT2D eigenvalue weighted by atomic mass is 10.1. The Morgan fingerprint density at radius 2 is 2.04 bits per heavy atom. The molecular formula is C18H30IN5. The molecule has 6 heteroatoms. The summed E-state index contributed by atoms with van der Waals surface area (Å²) in [5, 5.41) is 6.71. The summed E-state index contributed by atoms with van der Waals surface area (Å²) in [6.45, 7) is 8.39. The number of hydrogen-bond donors (Lipinski definition) is 2. The van der Waals surface area contributed by atoms with Crippen LogP contribution in [0.25, 0.3) is 5.65 Å². The van der Waals surface area contributed by atoms with Crippen LogP contribution in [0.4, 0.5) is 0 Å². The minimum Gasteiger partial charge on any atom is -0.356 e. The molecule has 0 aliphatic heterocycles. The first-order chi connectivity index (χ1) is 11.1. The van der Waals surface area contributed by atoms with Crippen LogP contribution < -0.4 is 10.6 Å². The number of aliphatic imine (C=N–C) groups is 1. The number of pyridine rings is 1. The quantitative estimate of drug-likeness (QED) is 0.299. The van der Waals surface area contributed by atoms with Crippen LogP contribution in [0.3, 0.4) is 0 Å². The molecule has 2 aromatic rings. The van der Waals surface area contributed by atoms with Crippen molar-refractivity contribution in [2.75, 3.05) is 20.1 Å². The molecule has 0 amide bonds. The Morgan fingerprint density at radius 3 is 2.71 bits per heavy atom. The van der Waals surface area contributed by atoms with Gasteiger partial charge in [-0.2, -0.15) is 0 Å². The van der Waals surface area contributed by atoms with Crippen molar-refractivity contribution in [3.63, 3.8) is 0 Å². The van der Waals surface area contributed by atoms with Crippen molar-refractivity contribution in [2.24, 2.45) is 10.9 Å². The Kier molecular flexibility index (Phi) is 9.10. The molecule has 2 aromatic heterocycles. The van der Waals surface area contributed by atoms with Crippen molar-refractivity contribution in [1.29, 1.82) is 0 Å². The maximum Gasteiger partial charge on any atom is 0.190 e. The molecule has 0 bridgehead atoms. The summed E-state index contributed by atoms with van der Waals surface area (Å²) in [7, 11) is 1.81. The largest absolute Gasteiger partial charge is 0.356 e. The summed E-state index contributed by atoms with van der Waals surface area (Å²) in [5.41, 5.74) is 3.34. The van der Waals surface area contributed by atoms with Crippen LogP contribution in [-0.2, 0) is 6.42 Å². The van der Waals surface area contributed by atoms with Crippen LogP contribution in [0.5, 0.6) is 0 Å². The van der Waals surface area contributed by atoms with Gasteiger partial charge in [0.05, 0.1) is 5.69 Å². The smallest absolute Gasteiger partial charge is 0.190 e. The number of nitrogens with one attached hydrogen (secondary N) is 2. The number of nitrogens with zero attached hydrogens (tertiary/aromatic N) is 3. The van der Waals surface area contributed by atoms with Gasteiger partial charge < -0.3 is 15.0 Å². The van der Waals surface area contributed by atoms with Gasteiger partial charge in [-0.05, 0) is 37.3 Å². The SMILES string of the molecule is CN=C(NCCCC(C)C)NCCc1cn2cccc(C)c2n1.I. The average molecular weight is 443 g/mol. The monoisotopic (exact) mass is 443 g/mol. The zero-order chi connectivity index (χ0) is 16.7. The van der Waals surface area contributed by atoms with Crippen LogP contribution >= 0.6 is 24.0 Å². The minimum absolute atomic E-state index is 0. The van der Waals surface area contributed by atoms with E-state index in [0.29, 0.717) is 0 Å². The second-order valence-electron chi connectivity index (χ2n) is 6.37. The molecule has 0 atom stereocenters. The van der Waals surface area contributed by atoms with E-state index in [-0.39, 0.29) is 24.0 Å². The van der Waals surface area contributed by atoms with Gasteiger partial charge in [-0.3, -0.25) is 4.99 Å². The highest BCUT2D eigenvalue weighted by atomic mass is 127. The highest BCUT2D eigenvalue weighted by molar-refractivity contribution is 14.0. The number of hydrogen-bond acceptors (Lipinski definition) is 2. The van der Waals surface area contributed by atoms with Gasteiger partial charge in [0.25, 0.3) is 0 Å².